The Kier molecular flexibility index (Phi) is 4.75. The molecule has 6 nitrogen and oxygen atoms in total. The van der Waals surface area contributed by atoms with Crippen molar-refractivity contribution in [2.75, 3.05) is 5.73 Å². The number of carboxylic acids is 1. The second-order valence-corrected chi connectivity index (χ2v) is 4.19. The summed E-state index contributed by atoms with van der Waals surface area (Å²) in [5.74, 6) is -0.833. The van der Waals surface area contributed by atoms with E-state index in [4.69, 9.17) is 20.8 Å². The van der Waals surface area contributed by atoms with Crippen molar-refractivity contribution in [1.29, 1.82) is 0 Å². The largest absolute Gasteiger partial charge is 0.481 e. The fourth-order valence-corrected chi connectivity index (χ4v) is 1.17. The summed E-state index contributed by atoms with van der Waals surface area (Å²) in [7, 11) is -3.58. The van der Waals surface area contributed by atoms with Crippen LogP contribution in [0.2, 0.25) is 0 Å². The van der Waals surface area contributed by atoms with Crippen LogP contribution in [0.5, 0.6) is 0 Å². The predicted octanol–water partition coefficient (Wildman–Crippen LogP) is 0.00710. The predicted molar refractivity (Wildman–Crippen MR) is 55.5 cm³/mol. The number of hydrogen-bond acceptors (Lipinski definition) is 4. The molecule has 0 saturated carbocycles. The lowest BCUT2D eigenvalue weighted by molar-refractivity contribution is -0.134. The van der Waals surface area contributed by atoms with Gasteiger partial charge in [0.1, 0.15) is 0 Å². The Morgan fingerprint density at radius 2 is 1.60 bits per heavy atom. The number of carbonyl (C=O) groups is 1. The zero-order valence-corrected chi connectivity index (χ0v) is 8.86. The van der Waals surface area contributed by atoms with Crippen molar-refractivity contribution in [2.45, 2.75) is 11.8 Å². The molecule has 1 aromatic rings. The second-order valence-electron chi connectivity index (χ2n) is 2.63. The first-order valence-corrected chi connectivity index (χ1v) is 5.36. The van der Waals surface area contributed by atoms with E-state index in [0.29, 0.717) is 5.69 Å². The van der Waals surface area contributed by atoms with Gasteiger partial charge in [-0.1, -0.05) is 0 Å². The summed E-state index contributed by atoms with van der Waals surface area (Å²) in [5, 5.41) is 12.3. The normalized spacial score (nSPS) is 10.0. The monoisotopic (exact) mass is 232 g/mol. The molecule has 0 unspecified atom stereocenters. The molecular formula is C8H12N2O4S. The van der Waals surface area contributed by atoms with E-state index >= 15 is 0 Å². The molecule has 0 aromatic heterocycles. The highest BCUT2D eigenvalue weighted by Gasteiger charge is 2.04. The fraction of sp³-hybridized carbons (Fsp3) is 0.125. The molecule has 0 heterocycles. The van der Waals surface area contributed by atoms with Crippen LogP contribution >= 0.6 is 0 Å². The summed E-state index contributed by atoms with van der Waals surface area (Å²) in [6, 6.07) is 5.70. The minimum Gasteiger partial charge on any atom is -0.481 e. The van der Waals surface area contributed by atoms with E-state index in [2.05, 4.69) is 0 Å². The Bertz CT molecular complexity index is 420. The molecular weight excluding hydrogens is 220 g/mol. The summed E-state index contributed by atoms with van der Waals surface area (Å²) in [5.41, 5.74) is 5.85. The van der Waals surface area contributed by atoms with Gasteiger partial charge in [0.15, 0.2) is 0 Å². The van der Waals surface area contributed by atoms with Gasteiger partial charge in [-0.05, 0) is 24.3 Å². The van der Waals surface area contributed by atoms with Gasteiger partial charge in [-0.15, -0.1) is 0 Å². The van der Waals surface area contributed by atoms with E-state index in [0.717, 1.165) is 6.92 Å². The molecule has 0 saturated heterocycles. The summed E-state index contributed by atoms with van der Waals surface area (Å²) in [6.07, 6.45) is 0. The highest BCUT2D eigenvalue weighted by molar-refractivity contribution is 7.89. The van der Waals surface area contributed by atoms with Crippen LogP contribution in [0.4, 0.5) is 5.69 Å². The first kappa shape index (κ1) is 13.4. The molecule has 84 valence electrons. The van der Waals surface area contributed by atoms with Crippen molar-refractivity contribution < 1.29 is 18.3 Å². The van der Waals surface area contributed by atoms with Crippen LogP contribution < -0.4 is 10.9 Å². The fourth-order valence-electron chi connectivity index (χ4n) is 0.658. The number of hydrogen-bond donors (Lipinski definition) is 3. The number of anilines is 1. The number of nitrogen functional groups attached to an aromatic ring is 1. The minimum atomic E-state index is -3.58. The number of carboxylic acid groups (broad SMARTS) is 1. The molecule has 15 heavy (non-hydrogen) atoms. The summed E-state index contributed by atoms with van der Waals surface area (Å²) in [4.78, 5) is 9.08. The number of aliphatic carboxylic acids is 1. The molecule has 1 aromatic carbocycles. The maximum atomic E-state index is 10.7. The lowest BCUT2D eigenvalue weighted by atomic mass is 10.3. The third kappa shape index (κ3) is 6.47. The topological polar surface area (TPSA) is 123 Å². The maximum absolute atomic E-state index is 10.7. The molecule has 0 aliphatic carbocycles. The average molecular weight is 232 g/mol. The Balaban J connectivity index is 0.000000423. The first-order valence-electron chi connectivity index (χ1n) is 3.81. The van der Waals surface area contributed by atoms with Crippen LogP contribution in [-0.4, -0.2) is 19.5 Å². The maximum Gasteiger partial charge on any atom is 0.300 e. The van der Waals surface area contributed by atoms with Gasteiger partial charge in [0, 0.05) is 12.6 Å². The van der Waals surface area contributed by atoms with Crippen LogP contribution in [0.15, 0.2) is 29.2 Å². The van der Waals surface area contributed by atoms with Crippen LogP contribution in [0.3, 0.4) is 0 Å². The number of sulfonamides is 1. The van der Waals surface area contributed by atoms with Crippen molar-refractivity contribution in [2.24, 2.45) is 5.14 Å². The second kappa shape index (κ2) is 5.32. The van der Waals surface area contributed by atoms with Crippen molar-refractivity contribution in [3.05, 3.63) is 24.3 Å². The molecule has 0 aliphatic heterocycles. The van der Waals surface area contributed by atoms with Gasteiger partial charge < -0.3 is 10.8 Å². The number of primary sulfonamides is 1. The van der Waals surface area contributed by atoms with Crippen LogP contribution in [0.25, 0.3) is 0 Å². The van der Waals surface area contributed by atoms with E-state index in [1.807, 2.05) is 0 Å². The molecule has 0 amide bonds. The first-order chi connectivity index (χ1) is 6.73. The molecule has 7 heteroatoms. The van der Waals surface area contributed by atoms with Crippen molar-refractivity contribution >= 4 is 21.7 Å². The van der Waals surface area contributed by atoms with Gasteiger partial charge in [-0.2, -0.15) is 0 Å². The Morgan fingerprint density at radius 3 is 1.87 bits per heavy atom. The van der Waals surface area contributed by atoms with E-state index in [1.165, 1.54) is 24.3 Å². The molecule has 5 N–H and O–H groups in total. The summed E-state index contributed by atoms with van der Waals surface area (Å²) < 4.78 is 21.4. The molecule has 0 aliphatic rings. The van der Waals surface area contributed by atoms with Gasteiger partial charge in [0.25, 0.3) is 5.97 Å². The molecule has 0 fully saturated rings. The Labute approximate surface area is 87.6 Å². The number of benzene rings is 1. The van der Waals surface area contributed by atoms with Gasteiger partial charge in [0.2, 0.25) is 10.0 Å². The number of nitrogens with two attached hydrogens (primary N) is 2. The average Bonchev–Trinajstić information content (AvgIpc) is 2.01. The summed E-state index contributed by atoms with van der Waals surface area (Å²) in [6.45, 7) is 1.08. The van der Waals surface area contributed by atoms with E-state index in [-0.39, 0.29) is 4.90 Å². The molecule has 0 spiro atoms. The summed E-state index contributed by atoms with van der Waals surface area (Å²) >= 11 is 0. The third-order valence-electron chi connectivity index (χ3n) is 1.21. The highest BCUT2D eigenvalue weighted by atomic mass is 32.2. The Morgan fingerprint density at radius 1 is 1.27 bits per heavy atom. The lowest BCUT2D eigenvalue weighted by Gasteiger charge is -1.96. The van der Waals surface area contributed by atoms with E-state index in [9.17, 15) is 8.42 Å². The van der Waals surface area contributed by atoms with Crippen molar-refractivity contribution in [3.8, 4) is 0 Å². The molecule has 1 rings (SSSR count). The highest BCUT2D eigenvalue weighted by Crippen LogP contribution is 2.08. The molecule has 0 radical (unpaired) electrons. The zero-order valence-electron chi connectivity index (χ0n) is 8.04. The smallest absolute Gasteiger partial charge is 0.300 e. The van der Waals surface area contributed by atoms with Crippen molar-refractivity contribution in [1.82, 2.24) is 0 Å². The van der Waals surface area contributed by atoms with Crippen LogP contribution in [-0.2, 0) is 14.8 Å². The quantitative estimate of drug-likeness (QED) is 0.588. The van der Waals surface area contributed by atoms with Crippen LogP contribution in [0, 0.1) is 0 Å². The molecule has 0 bridgehead atoms. The van der Waals surface area contributed by atoms with Gasteiger partial charge >= 0.3 is 0 Å². The van der Waals surface area contributed by atoms with E-state index in [1.54, 1.807) is 0 Å². The van der Waals surface area contributed by atoms with E-state index < -0.39 is 16.0 Å². The Hall–Kier alpha value is -1.60. The molecule has 0 atom stereocenters. The third-order valence-corrected chi connectivity index (χ3v) is 2.14. The number of rotatable bonds is 1. The zero-order chi connectivity index (χ0) is 12.1. The van der Waals surface area contributed by atoms with Crippen molar-refractivity contribution in [3.63, 3.8) is 0 Å². The van der Waals surface area contributed by atoms with Gasteiger partial charge in [0.05, 0.1) is 4.90 Å². The van der Waals surface area contributed by atoms with Gasteiger partial charge in [-0.3, -0.25) is 4.79 Å². The minimum absolute atomic E-state index is 0.0756. The van der Waals surface area contributed by atoms with Gasteiger partial charge in [-0.25, -0.2) is 13.6 Å². The van der Waals surface area contributed by atoms with Crippen LogP contribution in [0.1, 0.15) is 6.92 Å². The lowest BCUT2D eigenvalue weighted by Crippen LogP contribution is -2.11. The SMILES string of the molecule is CC(=O)O.Nc1ccc(S(N)(=O)=O)cc1. The standard InChI is InChI=1S/C6H8N2O2S.C2H4O2/c7-5-1-3-6(4-2-5)11(8,9)10;1-2(3)4/h1-4H,7H2,(H2,8,9,10);1H3,(H,3,4).